The Morgan fingerprint density at radius 3 is 2.55 bits per heavy atom. The molecule has 3 heteroatoms. The van der Waals surface area contributed by atoms with Crippen molar-refractivity contribution in [3.05, 3.63) is 0 Å². The maximum absolute atomic E-state index is 5.75. The second-order valence-corrected chi connectivity index (χ2v) is 7.35. The zero-order valence-corrected chi connectivity index (χ0v) is 13.8. The van der Waals surface area contributed by atoms with E-state index in [1.807, 2.05) is 7.11 Å². The lowest BCUT2D eigenvalue weighted by Crippen LogP contribution is -2.52. The lowest BCUT2D eigenvalue weighted by molar-refractivity contribution is -0.0590. The van der Waals surface area contributed by atoms with Gasteiger partial charge < -0.3 is 10.1 Å². The van der Waals surface area contributed by atoms with Crippen LogP contribution in [0.3, 0.4) is 0 Å². The molecule has 0 aromatic carbocycles. The molecule has 1 saturated heterocycles. The van der Waals surface area contributed by atoms with Crippen molar-refractivity contribution < 1.29 is 4.74 Å². The molecule has 2 aliphatic rings. The fourth-order valence-electron chi connectivity index (χ4n) is 4.13. The van der Waals surface area contributed by atoms with Crippen LogP contribution in [0.25, 0.3) is 0 Å². The highest BCUT2D eigenvalue weighted by Crippen LogP contribution is 2.39. The topological polar surface area (TPSA) is 24.5 Å². The van der Waals surface area contributed by atoms with Crippen LogP contribution in [0.1, 0.15) is 58.8 Å². The lowest BCUT2D eigenvalue weighted by Gasteiger charge is -2.43. The maximum atomic E-state index is 5.75. The number of hydrogen-bond acceptors (Lipinski definition) is 3. The second-order valence-electron chi connectivity index (χ2n) is 7.35. The van der Waals surface area contributed by atoms with Gasteiger partial charge in [0.1, 0.15) is 0 Å². The van der Waals surface area contributed by atoms with E-state index < -0.39 is 0 Å². The number of methoxy groups -OCH3 is 1. The van der Waals surface area contributed by atoms with Crippen molar-refractivity contribution in [2.45, 2.75) is 64.4 Å². The summed E-state index contributed by atoms with van der Waals surface area (Å²) in [5.74, 6) is 0. The van der Waals surface area contributed by atoms with Gasteiger partial charge in [-0.05, 0) is 57.5 Å². The molecule has 1 unspecified atom stereocenters. The van der Waals surface area contributed by atoms with Crippen LogP contribution >= 0.6 is 0 Å². The summed E-state index contributed by atoms with van der Waals surface area (Å²) < 4.78 is 5.75. The van der Waals surface area contributed by atoms with Crippen molar-refractivity contribution in [1.82, 2.24) is 10.2 Å². The largest absolute Gasteiger partial charge is 0.377 e. The first kappa shape index (κ1) is 16.3. The fraction of sp³-hybridized carbons (Fsp3) is 1.00. The molecule has 0 bridgehead atoms. The number of ether oxygens (including phenoxy) is 1. The normalized spacial score (nSPS) is 30.8. The third-order valence-electron chi connectivity index (χ3n) is 5.38. The highest BCUT2D eigenvalue weighted by Gasteiger charge is 2.38. The number of hydrogen-bond donors (Lipinski definition) is 1. The number of piperidine rings is 1. The minimum absolute atomic E-state index is 0.0783. The molecule has 0 radical (unpaired) electrons. The average Bonchev–Trinajstić information content (AvgIpc) is 2.88. The number of nitrogens with one attached hydrogen (secondary N) is 1. The molecule has 1 saturated carbocycles. The monoisotopic (exact) mass is 282 g/mol. The molecule has 2 fully saturated rings. The van der Waals surface area contributed by atoms with Crippen molar-refractivity contribution in [3.8, 4) is 0 Å². The summed E-state index contributed by atoms with van der Waals surface area (Å²) in [6.07, 6.45) is 9.38. The summed E-state index contributed by atoms with van der Waals surface area (Å²) in [6, 6.07) is 0. The Labute approximate surface area is 125 Å². The first-order valence-corrected chi connectivity index (χ1v) is 8.60. The van der Waals surface area contributed by atoms with Gasteiger partial charge in [-0.3, -0.25) is 4.90 Å². The predicted molar refractivity (Wildman–Crippen MR) is 85.1 cm³/mol. The molecule has 1 N–H and O–H groups in total. The molecule has 0 spiro atoms. The predicted octanol–water partition coefficient (Wildman–Crippen LogP) is 3.05. The summed E-state index contributed by atoms with van der Waals surface area (Å²) in [7, 11) is 1.87. The van der Waals surface area contributed by atoms with Crippen LogP contribution in [-0.2, 0) is 4.74 Å². The first-order valence-electron chi connectivity index (χ1n) is 8.60. The molecule has 3 nitrogen and oxygen atoms in total. The second kappa shape index (κ2) is 7.24. The Hall–Kier alpha value is -0.120. The summed E-state index contributed by atoms with van der Waals surface area (Å²) in [4.78, 5) is 2.67. The maximum Gasteiger partial charge on any atom is 0.0777 e. The Kier molecular flexibility index (Phi) is 5.88. The molecular weight excluding hydrogens is 248 g/mol. The zero-order valence-electron chi connectivity index (χ0n) is 13.8. The minimum atomic E-state index is 0.0783. The van der Waals surface area contributed by atoms with Crippen LogP contribution in [0.15, 0.2) is 0 Å². The van der Waals surface area contributed by atoms with Crippen molar-refractivity contribution in [2.24, 2.45) is 5.41 Å². The number of rotatable bonds is 7. The Bertz CT molecular complexity index is 289. The van der Waals surface area contributed by atoms with Gasteiger partial charge in [-0.2, -0.15) is 0 Å². The third kappa shape index (κ3) is 4.19. The van der Waals surface area contributed by atoms with E-state index in [2.05, 4.69) is 24.1 Å². The smallest absolute Gasteiger partial charge is 0.0777 e. The lowest BCUT2D eigenvalue weighted by atomic mass is 9.83. The van der Waals surface area contributed by atoms with Crippen LogP contribution in [0.4, 0.5) is 0 Å². The Morgan fingerprint density at radius 1 is 1.15 bits per heavy atom. The van der Waals surface area contributed by atoms with Gasteiger partial charge in [0.25, 0.3) is 0 Å². The van der Waals surface area contributed by atoms with Crippen molar-refractivity contribution in [3.63, 3.8) is 0 Å². The Morgan fingerprint density at radius 2 is 1.90 bits per heavy atom. The molecule has 118 valence electrons. The zero-order chi connectivity index (χ0) is 14.5. The number of nitrogens with zero attached hydrogens (tertiary/aromatic N) is 1. The molecular formula is C17H34N2O. The molecule has 0 amide bonds. The molecule has 2 rings (SSSR count). The number of likely N-dealkylation sites (tertiary alicyclic amines) is 1. The van der Waals surface area contributed by atoms with Gasteiger partial charge in [-0.1, -0.05) is 19.8 Å². The van der Waals surface area contributed by atoms with Crippen molar-refractivity contribution >= 4 is 0 Å². The molecule has 20 heavy (non-hydrogen) atoms. The molecule has 1 atom stereocenters. The third-order valence-corrected chi connectivity index (χ3v) is 5.38. The van der Waals surface area contributed by atoms with E-state index in [0.29, 0.717) is 5.41 Å². The van der Waals surface area contributed by atoms with Crippen molar-refractivity contribution in [1.29, 1.82) is 0 Å². The summed E-state index contributed by atoms with van der Waals surface area (Å²) in [5.41, 5.74) is 0.607. The van der Waals surface area contributed by atoms with Gasteiger partial charge in [-0.15, -0.1) is 0 Å². The van der Waals surface area contributed by atoms with Gasteiger partial charge in [-0.25, -0.2) is 0 Å². The van der Waals surface area contributed by atoms with Gasteiger partial charge in [0, 0.05) is 26.7 Å². The summed E-state index contributed by atoms with van der Waals surface area (Å²) >= 11 is 0. The Balaban J connectivity index is 1.90. The van der Waals surface area contributed by atoms with E-state index in [4.69, 9.17) is 4.74 Å². The quantitative estimate of drug-likeness (QED) is 0.726. The summed E-state index contributed by atoms with van der Waals surface area (Å²) in [5, 5.41) is 3.68. The van der Waals surface area contributed by atoms with Crippen LogP contribution in [0, 0.1) is 5.41 Å². The average molecular weight is 282 g/mol. The van der Waals surface area contributed by atoms with Gasteiger partial charge in [0.2, 0.25) is 0 Å². The minimum Gasteiger partial charge on any atom is -0.377 e. The highest BCUT2D eigenvalue weighted by atomic mass is 16.5. The molecule has 0 aromatic rings. The molecule has 0 aromatic heterocycles. The van der Waals surface area contributed by atoms with E-state index in [0.717, 1.165) is 13.1 Å². The van der Waals surface area contributed by atoms with Crippen LogP contribution in [0.2, 0.25) is 0 Å². The molecule has 1 aliphatic carbocycles. The van der Waals surface area contributed by atoms with Crippen LogP contribution in [-0.4, -0.2) is 50.3 Å². The standard InChI is InChI=1S/C17H34N2O/c1-4-11-18-13-17(9-5-6-10-17)15-19-12-7-8-16(2,14-19)20-3/h18H,4-15H2,1-3H3. The van der Waals surface area contributed by atoms with Crippen molar-refractivity contribution in [2.75, 3.05) is 39.8 Å². The van der Waals surface area contributed by atoms with E-state index in [1.54, 1.807) is 0 Å². The van der Waals surface area contributed by atoms with E-state index in [-0.39, 0.29) is 5.60 Å². The van der Waals surface area contributed by atoms with Gasteiger partial charge in [0.15, 0.2) is 0 Å². The molecule has 1 heterocycles. The van der Waals surface area contributed by atoms with E-state index in [9.17, 15) is 0 Å². The van der Waals surface area contributed by atoms with Gasteiger partial charge in [0.05, 0.1) is 5.60 Å². The van der Waals surface area contributed by atoms with Crippen LogP contribution in [0.5, 0.6) is 0 Å². The van der Waals surface area contributed by atoms with Crippen LogP contribution < -0.4 is 5.32 Å². The molecule has 1 aliphatic heterocycles. The van der Waals surface area contributed by atoms with E-state index in [1.165, 1.54) is 64.6 Å². The highest BCUT2D eigenvalue weighted by molar-refractivity contribution is 4.93. The summed E-state index contributed by atoms with van der Waals surface area (Å²) in [6.45, 7) is 10.5. The SMILES string of the molecule is CCCNCC1(CN2CCCC(C)(OC)C2)CCCC1. The van der Waals surface area contributed by atoms with Gasteiger partial charge >= 0.3 is 0 Å². The van der Waals surface area contributed by atoms with E-state index >= 15 is 0 Å². The first-order chi connectivity index (χ1) is 9.61. The fourth-order valence-corrected chi connectivity index (χ4v) is 4.13.